The van der Waals surface area contributed by atoms with E-state index in [0.29, 0.717) is 25.8 Å². The number of fused-ring (bicyclic) bond motifs is 2. The van der Waals surface area contributed by atoms with Crippen LogP contribution in [0, 0.1) is 17.8 Å². The average Bonchev–Trinajstić information content (AvgIpc) is 3.42. The van der Waals surface area contributed by atoms with Crippen LogP contribution in [-0.2, 0) is 19.1 Å². The number of rotatable bonds is 6. The minimum Gasteiger partial charge on any atom is -0.481 e. The Morgan fingerprint density at radius 3 is 2.62 bits per heavy atom. The number of nitrogens with one attached hydrogen (secondary N) is 1. The number of methoxy groups -OCH3 is 2. The molecular weight excluding hydrogens is 480 g/mol. The largest absolute Gasteiger partial charge is 0.481 e. The molecule has 0 aromatic carbocycles. The fourth-order valence-electron chi connectivity index (χ4n) is 5.25. The van der Waals surface area contributed by atoms with E-state index >= 15 is 0 Å². The third-order valence-corrected chi connectivity index (χ3v) is 7.37. The number of ether oxygens (including phenoxy) is 4. The van der Waals surface area contributed by atoms with E-state index in [9.17, 15) is 14.4 Å². The Labute approximate surface area is 216 Å². The van der Waals surface area contributed by atoms with E-state index in [1.807, 2.05) is 6.08 Å². The van der Waals surface area contributed by atoms with E-state index in [-0.39, 0.29) is 42.1 Å². The summed E-state index contributed by atoms with van der Waals surface area (Å²) in [5.41, 5.74) is -1.08. The molecule has 3 aliphatic rings. The van der Waals surface area contributed by atoms with Gasteiger partial charge in [0.05, 0.1) is 38.7 Å². The number of carbonyl (C=O) groups is 3. The van der Waals surface area contributed by atoms with Gasteiger partial charge in [-0.25, -0.2) is 4.79 Å². The molecule has 1 aromatic heterocycles. The Bertz CT molecular complexity index is 1030. The number of allylic oxidation sites excluding steroid dienone is 1. The van der Waals surface area contributed by atoms with Gasteiger partial charge in [-0.05, 0) is 45.4 Å². The minimum atomic E-state index is -1.08. The lowest BCUT2D eigenvalue weighted by Gasteiger charge is -2.26. The summed E-state index contributed by atoms with van der Waals surface area (Å²) in [6.45, 7) is 2.58. The molecule has 1 N–H and O–H groups in total. The van der Waals surface area contributed by atoms with Gasteiger partial charge in [0.25, 0.3) is 0 Å². The Kier molecular flexibility index (Phi) is 8.19. The van der Waals surface area contributed by atoms with E-state index in [1.165, 1.54) is 20.3 Å². The van der Waals surface area contributed by atoms with Crippen molar-refractivity contribution in [2.45, 2.75) is 57.1 Å². The highest BCUT2D eigenvalue weighted by Crippen LogP contribution is 2.47. The first-order valence-electron chi connectivity index (χ1n) is 12.9. The molecule has 0 radical (unpaired) electrons. The fourth-order valence-corrected chi connectivity index (χ4v) is 5.25. The molecule has 4 rings (SSSR count). The summed E-state index contributed by atoms with van der Waals surface area (Å²) in [7, 11) is 4.68. The summed E-state index contributed by atoms with van der Waals surface area (Å²) in [5, 5.41) is 2.98. The van der Waals surface area contributed by atoms with Crippen molar-refractivity contribution < 1.29 is 33.3 Å². The van der Waals surface area contributed by atoms with Crippen LogP contribution in [0.25, 0.3) is 0 Å². The molecule has 1 aromatic rings. The molecule has 11 nitrogen and oxygen atoms in total. The van der Waals surface area contributed by atoms with Crippen LogP contribution >= 0.6 is 0 Å². The zero-order valence-electron chi connectivity index (χ0n) is 21.9. The van der Waals surface area contributed by atoms with Crippen molar-refractivity contribution in [3.63, 3.8) is 0 Å². The highest BCUT2D eigenvalue weighted by Gasteiger charge is 2.62. The molecule has 2 amide bonds. The molecule has 2 aliphatic carbocycles. The smallest absolute Gasteiger partial charge is 0.332 e. The molecule has 5 atom stereocenters. The summed E-state index contributed by atoms with van der Waals surface area (Å²) in [5.74, 6) is -1.74. The topological polar surface area (TPSA) is 129 Å². The summed E-state index contributed by atoms with van der Waals surface area (Å²) in [6, 6.07) is 1.62. The van der Waals surface area contributed by atoms with Crippen LogP contribution in [0.2, 0.25) is 0 Å². The van der Waals surface area contributed by atoms with Gasteiger partial charge < -0.3 is 29.2 Å². The van der Waals surface area contributed by atoms with Crippen molar-refractivity contribution in [1.82, 2.24) is 20.2 Å². The Morgan fingerprint density at radius 2 is 1.89 bits per heavy atom. The Hall–Kier alpha value is -3.37. The number of nitrogens with zero attached hydrogens (tertiary/aromatic N) is 3. The maximum Gasteiger partial charge on any atom is 0.332 e. The van der Waals surface area contributed by atoms with Gasteiger partial charge in [-0.15, -0.1) is 0 Å². The molecule has 2 fully saturated rings. The lowest BCUT2D eigenvalue weighted by Crippen LogP contribution is -2.50. The summed E-state index contributed by atoms with van der Waals surface area (Å²) >= 11 is 0. The molecule has 0 bridgehead atoms. The molecule has 0 saturated heterocycles. The lowest BCUT2D eigenvalue weighted by molar-refractivity contribution is -0.150. The van der Waals surface area contributed by atoms with Crippen molar-refractivity contribution in [3.05, 3.63) is 18.2 Å². The van der Waals surface area contributed by atoms with Gasteiger partial charge in [-0.1, -0.05) is 12.2 Å². The first kappa shape index (κ1) is 26.7. The maximum absolute atomic E-state index is 13.6. The summed E-state index contributed by atoms with van der Waals surface area (Å²) < 4.78 is 21.7. The average molecular weight is 517 g/mol. The Morgan fingerprint density at radius 1 is 1.14 bits per heavy atom. The van der Waals surface area contributed by atoms with Crippen molar-refractivity contribution in [2.24, 2.45) is 17.8 Å². The van der Waals surface area contributed by atoms with E-state index in [2.05, 4.69) is 21.4 Å². The normalized spacial score (nSPS) is 29.9. The zero-order valence-corrected chi connectivity index (χ0v) is 21.9. The number of amides is 2. The number of carbonyl (C=O) groups excluding carboxylic acids is 3. The van der Waals surface area contributed by atoms with E-state index < -0.39 is 29.4 Å². The third kappa shape index (κ3) is 5.80. The third-order valence-electron chi connectivity index (χ3n) is 7.37. The van der Waals surface area contributed by atoms with Crippen LogP contribution in [0.1, 0.15) is 45.4 Å². The van der Waals surface area contributed by atoms with Crippen LogP contribution in [0.4, 0.5) is 0 Å². The predicted molar refractivity (Wildman–Crippen MR) is 132 cm³/mol. The highest BCUT2D eigenvalue weighted by atomic mass is 16.5. The van der Waals surface area contributed by atoms with Crippen molar-refractivity contribution in [2.75, 3.05) is 34.4 Å². The molecule has 5 unspecified atom stereocenters. The van der Waals surface area contributed by atoms with Gasteiger partial charge in [0, 0.05) is 19.5 Å². The molecule has 2 heterocycles. The molecular formula is C26H36N4O7. The van der Waals surface area contributed by atoms with Crippen molar-refractivity contribution in [3.8, 4) is 17.8 Å². The second kappa shape index (κ2) is 11.4. The molecule has 1 aliphatic heterocycles. The zero-order chi connectivity index (χ0) is 26.6. The SMILES string of the molecule is CCOC(=O)C12CC1C=CCCCCN(C)C(=O)C1CC(Oc3cc(OC)nc(OC)n3)CC1C(=O)N2. The van der Waals surface area contributed by atoms with Gasteiger partial charge in [-0.2, -0.15) is 9.97 Å². The molecule has 202 valence electrons. The molecule has 11 heteroatoms. The van der Waals surface area contributed by atoms with Crippen molar-refractivity contribution in [1.29, 1.82) is 0 Å². The van der Waals surface area contributed by atoms with Gasteiger partial charge in [0.1, 0.15) is 11.6 Å². The van der Waals surface area contributed by atoms with Crippen LogP contribution in [0.5, 0.6) is 17.8 Å². The quantitative estimate of drug-likeness (QED) is 0.445. The standard InChI is InChI=1S/C26H36N4O7/c1-5-36-24(33)26-15-16(26)10-8-6-7-9-11-30(2)23(32)19-13-17(12-18(19)22(31)29-26)37-21-14-20(34-3)27-25(28-21)35-4/h8,10,14,16-19H,5-7,9,11-13,15H2,1-4H3,(H,29,31). The first-order valence-corrected chi connectivity index (χ1v) is 12.9. The summed E-state index contributed by atoms with van der Waals surface area (Å²) in [4.78, 5) is 50.0. The lowest BCUT2D eigenvalue weighted by atomic mass is 9.93. The number of esters is 1. The van der Waals surface area contributed by atoms with Gasteiger partial charge in [-0.3, -0.25) is 9.59 Å². The fraction of sp³-hybridized carbons (Fsp3) is 0.654. The number of hydrogen-bond donors (Lipinski definition) is 1. The molecule has 0 spiro atoms. The van der Waals surface area contributed by atoms with Crippen LogP contribution in [0.15, 0.2) is 18.2 Å². The maximum atomic E-state index is 13.6. The summed E-state index contributed by atoms with van der Waals surface area (Å²) in [6.07, 6.45) is 7.35. The second-order valence-electron chi connectivity index (χ2n) is 9.83. The van der Waals surface area contributed by atoms with Gasteiger partial charge in [0.2, 0.25) is 23.6 Å². The highest BCUT2D eigenvalue weighted by molar-refractivity contribution is 5.95. The first-order chi connectivity index (χ1) is 17.8. The van der Waals surface area contributed by atoms with E-state index in [4.69, 9.17) is 18.9 Å². The minimum absolute atomic E-state index is 0.0868. The van der Waals surface area contributed by atoms with Crippen LogP contribution < -0.4 is 19.5 Å². The van der Waals surface area contributed by atoms with Gasteiger partial charge in [0.15, 0.2) is 0 Å². The Balaban J connectivity index is 1.59. The van der Waals surface area contributed by atoms with Crippen LogP contribution in [-0.4, -0.2) is 78.7 Å². The molecule has 2 saturated carbocycles. The monoisotopic (exact) mass is 516 g/mol. The number of hydrogen-bond acceptors (Lipinski definition) is 9. The van der Waals surface area contributed by atoms with Crippen LogP contribution in [0.3, 0.4) is 0 Å². The van der Waals surface area contributed by atoms with E-state index in [1.54, 1.807) is 18.9 Å². The number of aromatic nitrogens is 2. The predicted octanol–water partition coefficient (Wildman–Crippen LogP) is 1.90. The van der Waals surface area contributed by atoms with E-state index in [0.717, 1.165) is 19.3 Å². The van der Waals surface area contributed by atoms with Crippen molar-refractivity contribution >= 4 is 17.8 Å². The van der Waals surface area contributed by atoms with Gasteiger partial charge >= 0.3 is 12.0 Å². The second-order valence-corrected chi connectivity index (χ2v) is 9.83. The molecule has 37 heavy (non-hydrogen) atoms.